The summed E-state index contributed by atoms with van der Waals surface area (Å²) >= 11 is 0. The maximum absolute atomic E-state index is 6.03. The maximum atomic E-state index is 6.03. The van der Waals surface area contributed by atoms with E-state index in [2.05, 4.69) is 40.5 Å². The summed E-state index contributed by atoms with van der Waals surface area (Å²) in [6.45, 7) is 5.24. The number of nitrogens with zero attached hydrogens (tertiary/aromatic N) is 3. The molecule has 0 aliphatic carbocycles. The molecule has 0 bridgehead atoms. The molecule has 5 nitrogen and oxygen atoms in total. The van der Waals surface area contributed by atoms with Gasteiger partial charge in [-0.1, -0.05) is 6.92 Å². The zero-order valence-electron chi connectivity index (χ0n) is 11.1. The van der Waals surface area contributed by atoms with E-state index < -0.39 is 0 Å². The van der Waals surface area contributed by atoms with Gasteiger partial charge in [-0.05, 0) is 31.5 Å². The predicted molar refractivity (Wildman–Crippen MR) is 78.9 cm³/mol. The van der Waals surface area contributed by atoms with Crippen molar-refractivity contribution in [3.63, 3.8) is 0 Å². The predicted octanol–water partition coefficient (Wildman–Crippen LogP) is 2.33. The molecule has 98 valence electrons. The van der Waals surface area contributed by atoms with Gasteiger partial charge in [-0.2, -0.15) is 4.98 Å². The quantitative estimate of drug-likeness (QED) is 0.736. The number of hydrogen-bond donors (Lipinski definition) is 2. The van der Waals surface area contributed by atoms with E-state index in [1.165, 1.54) is 11.2 Å². The van der Waals surface area contributed by atoms with Crippen LogP contribution in [-0.2, 0) is 13.0 Å². The normalized spacial score (nSPS) is 11.5. The summed E-state index contributed by atoms with van der Waals surface area (Å²) in [5.74, 6) is 0.666. The first-order chi connectivity index (χ1) is 9.15. The Morgan fingerprint density at radius 1 is 1.16 bits per heavy atom. The Morgan fingerprint density at radius 3 is 2.63 bits per heavy atom. The highest BCUT2D eigenvalue weighted by Crippen LogP contribution is 2.31. The highest BCUT2D eigenvalue weighted by molar-refractivity contribution is 6.10. The molecule has 0 amide bonds. The molecule has 0 radical (unpaired) electrons. The summed E-state index contributed by atoms with van der Waals surface area (Å²) in [6.07, 6.45) is 0.986. The van der Waals surface area contributed by atoms with Crippen molar-refractivity contribution >= 4 is 33.6 Å². The Kier molecular flexibility index (Phi) is 2.55. The molecule has 1 aromatic carbocycles. The number of nitrogen functional groups attached to an aromatic ring is 2. The maximum Gasteiger partial charge on any atom is 0.222 e. The topological polar surface area (TPSA) is 82.8 Å². The lowest BCUT2D eigenvalue weighted by molar-refractivity contribution is 0.746. The average molecular weight is 255 g/mol. The van der Waals surface area contributed by atoms with E-state index in [-0.39, 0.29) is 5.95 Å². The number of anilines is 2. The van der Waals surface area contributed by atoms with E-state index in [1.807, 2.05) is 6.07 Å². The van der Waals surface area contributed by atoms with Crippen molar-refractivity contribution in [3.8, 4) is 0 Å². The van der Waals surface area contributed by atoms with Crippen molar-refractivity contribution in [1.29, 1.82) is 0 Å². The van der Waals surface area contributed by atoms with Crippen molar-refractivity contribution in [3.05, 3.63) is 23.9 Å². The fourth-order valence-corrected chi connectivity index (χ4v) is 2.73. The Bertz CT molecular complexity index is 772. The molecule has 0 aliphatic rings. The van der Waals surface area contributed by atoms with Gasteiger partial charge in [-0.15, -0.1) is 0 Å². The highest BCUT2D eigenvalue weighted by Gasteiger charge is 2.13. The van der Waals surface area contributed by atoms with Crippen LogP contribution < -0.4 is 11.5 Å². The molecule has 19 heavy (non-hydrogen) atoms. The molecule has 0 fully saturated rings. The molecule has 0 spiro atoms. The van der Waals surface area contributed by atoms with E-state index >= 15 is 0 Å². The minimum Gasteiger partial charge on any atom is -0.383 e. The number of rotatable bonds is 2. The molecule has 4 N–H and O–H groups in total. The summed E-state index contributed by atoms with van der Waals surface area (Å²) in [4.78, 5) is 8.33. The van der Waals surface area contributed by atoms with Gasteiger partial charge in [0.15, 0.2) is 0 Å². The molecule has 0 saturated carbocycles. The second-order valence-electron chi connectivity index (χ2n) is 4.59. The number of benzene rings is 1. The van der Waals surface area contributed by atoms with Crippen LogP contribution in [-0.4, -0.2) is 14.5 Å². The Balaban J connectivity index is 2.50. The van der Waals surface area contributed by atoms with Crippen LogP contribution in [0.15, 0.2) is 18.2 Å². The summed E-state index contributed by atoms with van der Waals surface area (Å²) < 4.78 is 2.30. The lowest BCUT2D eigenvalue weighted by atomic mass is 10.1. The highest BCUT2D eigenvalue weighted by atomic mass is 15.0. The van der Waals surface area contributed by atoms with Crippen LogP contribution in [0.3, 0.4) is 0 Å². The molecule has 0 unspecified atom stereocenters. The van der Waals surface area contributed by atoms with Crippen molar-refractivity contribution in [2.24, 2.45) is 0 Å². The monoisotopic (exact) mass is 255 g/mol. The first-order valence-corrected chi connectivity index (χ1v) is 6.49. The minimum atomic E-state index is 0.218. The minimum absolute atomic E-state index is 0.218. The van der Waals surface area contributed by atoms with Gasteiger partial charge in [0.2, 0.25) is 5.95 Å². The molecular weight excluding hydrogens is 238 g/mol. The van der Waals surface area contributed by atoms with Crippen LogP contribution in [0.25, 0.3) is 21.8 Å². The van der Waals surface area contributed by atoms with E-state index in [4.69, 9.17) is 11.5 Å². The second kappa shape index (κ2) is 4.12. The van der Waals surface area contributed by atoms with E-state index in [0.29, 0.717) is 5.82 Å². The number of aryl methyl sites for hydroxylation is 2. The summed E-state index contributed by atoms with van der Waals surface area (Å²) in [7, 11) is 0. The summed E-state index contributed by atoms with van der Waals surface area (Å²) in [5.41, 5.74) is 14.9. The fraction of sp³-hybridized carbons (Fsp3) is 0.286. The van der Waals surface area contributed by atoms with Gasteiger partial charge in [0, 0.05) is 23.1 Å². The molecule has 2 heterocycles. The zero-order chi connectivity index (χ0) is 13.6. The Morgan fingerprint density at radius 2 is 1.95 bits per heavy atom. The van der Waals surface area contributed by atoms with Gasteiger partial charge in [-0.3, -0.25) is 0 Å². The third-order valence-corrected chi connectivity index (χ3v) is 3.55. The smallest absolute Gasteiger partial charge is 0.222 e. The lowest BCUT2D eigenvalue weighted by Crippen LogP contribution is -2.01. The number of fused-ring (bicyclic) bond motifs is 3. The molecule has 2 aromatic heterocycles. The third-order valence-electron chi connectivity index (χ3n) is 3.55. The third kappa shape index (κ3) is 1.62. The summed E-state index contributed by atoms with van der Waals surface area (Å²) in [5, 5.41) is 2.00. The van der Waals surface area contributed by atoms with Crippen molar-refractivity contribution in [2.75, 3.05) is 11.5 Å². The number of aromatic nitrogens is 3. The number of hydrogen-bond acceptors (Lipinski definition) is 4. The Hall–Kier alpha value is -2.30. The van der Waals surface area contributed by atoms with E-state index in [0.717, 1.165) is 29.3 Å². The van der Waals surface area contributed by atoms with E-state index in [9.17, 15) is 0 Å². The van der Waals surface area contributed by atoms with Crippen molar-refractivity contribution < 1.29 is 0 Å². The lowest BCUT2D eigenvalue weighted by Gasteiger charge is -2.07. The van der Waals surface area contributed by atoms with Crippen molar-refractivity contribution in [2.45, 2.75) is 26.8 Å². The molecule has 3 aromatic rings. The first kappa shape index (κ1) is 11.8. The SMILES string of the molecule is CCc1cc2c3c(N)nc(N)nc3ccc2n1CC. The largest absolute Gasteiger partial charge is 0.383 e. The summed E-state index contributed by atoms with van der Waals surface area (Å²) in [6, 6.07) is 6.21. The van der Waals surface area contributed by atoms with E-state index in [1.54, 1.807) is 0 Å². The average Bonchev–Trinajstić information content (AvgIpc) is 2.75. The van der Waals surface area contributed by atoms with Crippen LogP contribution in [0.4, 0.5) is 11.8 Å². The standard InChI is InChI=1S/C14H17N5/c1-3-8-7-9-11(19(8)4-2)6-5-10-12(9)13(15)18-14(16)17-10/h5-7H,3-4H2,1-2H3,(H4,15,16,17,18). The first-order valence-electron chi connectivity index (χ1n) is 6.49. The van der Waals surface area contributed by atoms with Gasteiger partial charge < -0.3 is 16.0 Å². The Labute approximate surface area is 111 Å². The van der Waals surface area contributed by atoms with Crippen molar-refractivity contribution in [1.82, 2.24) is 14.5 Å². The molecular formula is C14H17N5. The van der Waals surface area contributed by atoms with Gasteiger partial charge >= 0.3 is 0 Å². The van der Waals surface area contributed by atoms with Crippen LogP contribution in [0.1, 0.15) is 19.5 Å². The van der Waals surface area contributed by atoms with Gasteiger partial charge in [0.05, 0.1) is 10.9 Å². The van der Waals surface area contributed by atoms with Gasteiger partial charge in [-0.25, -0.2) is 4.98 Å². The second-order valence-corrected chi connectivity index (χ2v) is 4.59. The van der Waals surface area contributed by atoms with Gasteiger partial charge in [0.1, 0.15) is 5.82 Å². The van der Waals surface area contributed by atoms with Gasteiger partial charge in [0.25, 0.3) is 0 Å². The fourth-order valence-electron chi connectivity index (χ4n) is 2.73. The zero-order valence-corrected chi connectivity index (χ0v) is 11.1. The van der Waals surface area contributed by atoms with Crippen LogP contribution >= 0.6 is 0 Å². The molecule has 3 rings (SSSR count). The molecule has 0 aliphatic heterocycles. The van der Waals surface area contributed by atoms with Crippen LogP contribution in [0, 0.1) is 0 Å². The molecule has 5 heteroatoms. The van der Waals surface area contributed by atoms with Crippen LogP contribution in [0.5, 0.6) is 0 Å². The van der Waals surface area contributed by atoms with Crippen LogP contribution in [0.2, 0.25) is 0 Å². The molecule has 0 atom stereocenters. The molecule has 0 saturated heterocycles. The number of nitrogens with two attached hydrogens (primary N) is 2.